The summed E-state index contributed by atoms with van der Waals surface area (Å²) >= 11 is 1.60. The number of thiazole rings is 1. The third-order valence-corrected chi connectivity index (χ3v) is 5.95. The van der Waals surface area contributed by atoms with Crippen molar-refractivity contribution in [3.8, 4) is 5.75 Å². The molecule has 0 fully saturated rings. The molecule has 1 atom stereocenters. The summed E-state index contributed by atoms with van der Waals surface area (Å²) in [4.78, 5) is 17.4. The van der Waals surface area contributed by atoms with Gasteiger partial charge in [-0.25, -0.2) is 9.78 Å². The van der Waals surface area contributed by atoms with Crippen LogP contribution in [0.1, 0.15) is 22.2 Å². The van der Waals surface area contributed by atoms with Gasteiger partial charge in [0.15, 0.2) is 0 Å². The number of hydrogen-bond donors (Lipinski definition) is 3. The third-order valence-electron chi connectivity index (χ3n) is 4.89. The maximum atomic E-state index is 12.5. The fourth-order valence-corrected chi connectivity index (χ4v) is 4.58. The molecule has 0 saturated heterocycles. The maximum Gasteiger partial charge on any atom is 0.320 e. The van der Waals surface area contributed by atoms with Crippen LogP contribution in [0.2, 0.25) is 0 Å². The van der Waals surface area contributed by atoms with Gasteiger partial charge in [0.2, 0.25) is 0 Å². The number of fused-ring (bicyclic) bond motifs is 1. The molecule has 0 unspecified atom stereocenters. The van der Waals surface area contributed by atoms with E-state index in [-0.39, 0.29) is 17.8 Å². The number of rotatable bonds is 3. The van der Waals surface area contributed by atoms with Gasteiger partial charge in [-0.3, -0.25) is 0 Å². The van der Waals surface area contributed by atoms with E-state index in [0.717, 1.165) is 37.6 Å². The normalized spacial score (nSPS) is 16.6. The molecule has 0 radical (unpaired) electrons. The Morgan fingerprint density at radius 1 is 0.897 bits per heavy atom. The van der Waals surface area contributed by atoms with Gasteiger partial charge < -0.3 is 15.7 Å². The van der Waals surface area contributed by atoms with E-state index in [1.807, 2.05) is 66.7 Å². The van der Waals surface area contributed by atoms with Gasteiger partial charge in [-0.2, -0.15) is 0 Å². The van der Waals surface area contributed by atoms with Crippen LogP contribution in [0.4, 0.5) is 4.79 Å². The summed E-state index contributed by atoms with van der Waals surface area (Å²) in [5, 5.41) is 16.5. The Hall–Kier alpha value is -3.64. The van der Waals surface area contributed by atoms with Crippen LogP contribution in [0, 0.1) is 0 Å². The standard InChI is InChI=1S/C23H17N3O2S/c27-16-12-10-15(11-13-16)21-19(22-24-17-8-4-5-9-18(17)29-22)20(25-23(28)26-21)14-6-2-1-3-7-14/h1-13,21,27H,(H2,25,26,28)/t21-/m1/s1. The lowest BCUT2D eigenvalue weighted by molar-refractivity contribution is 0.242. The molecule has 3 N–H and O–H groups in total. The van der Waals surface area contributed by atoms with Gasteiger partial charge in [-0.1, -0.05) is 54.6 Å². The Labute approximate surface area is 171 Å². The van der Waals surface area contributed by atoms with Gasteiger partial charge in [0, 0.05) is 5.57 Å². The molecule has 2 amide bonds. The van der Waals surface area contributed by atoms with Crippen molar-refractivity contribution in [2.45, 2.75) is 6.04 Å². The predicted molar refractivity (Wildman–Crippen MR) is 115 cm³/mol. The highest BCUT2D eigenvalue weighted by Crippen LogP contribution is 2.41. The molecule has 4 aromatic rings. The van der Waals surface area contributed by atoms with Gasteiger partial charge in [0.25, 0.3) is 0 Å². The Balaban J connectivity index is 1.76. The van der Waals surface area contributed by atoms with E-state index in [4.69, 9.17) is 4.98 Å². The molecule has 2 heterocycles. The lowest BCUT2D eigenvalue weighted by Crippen LogP contribution is -2.42. The number of amides is 2. The Morgan fingerprint density at radius 2 is 1.62 bits per heavy atom. The number of hydrogen-bond acceptors (Lipinski definition) is 4. The Morgan fingerprint density at radius 3 is 2.38 bits per heavy atom. The molecule has 5 nitrogen and oxygen atoms in total. The molecule has 0 bridgehead atoms. The van der Waals surface area contributed by atoms with Crippen LogP contribution in [0.15, 0.2) is 78.9 Å². The summed E-state index contributed by atoms with van der Waals surface area (Å²) in [5.41, 5.74) is 4.36. The first-order chi connectivity index (χ1) is 14.2. The monoisotopic (exact) mass is 399 g/mol. The van der Waals surface area contributed by atoms with Crippen LogP contribution in [0.5, 0.6) is 5.75 Å². The summed E-state index contributed by atoms with van der Waals surface area (Å²) in [6, 6.07) is 24.0. The minimum Gasteiger partial charge on any atom is -0.508 e. The van der Waals surface area contributed by atoms with Crippen molar-refractivity contribution in [3.63, 3.8) is 0 Å². The lowest BCUT2D eigenvalue weighted by Gasteiger charge is -2.30. The SMILES string of the molecule is O=C1NC(c2ccccc2)=C(c2nc3ccccc3s2)[C@@H](c2ccc(O)cc2)N1. The molecule has 0 saturated carbocycles. The first-order valence-corrected chi connectivity index (χ1v) is 10.0. The molecule has 5 rings (SSSR count). The van der Waals surface area contributed by atoms with E-state index >= 15 is 0 Å². The third kappa shape index (κ3) is 3.23. The molecule has 3 aromatic carbocycles. The number of carbonyl (C=O) groups excluding carboxylic acids is 1. The molecular weight excluding hydrogens is 382 g/mol. The van der Waals surface area contributed by atoms with Crippen molar-refractivity contribution in [2.24, 2.45) is 0 Å². The van der Waals surface area contributed by atoms with Gasteiger partial charge >= 0.3 is 6.03 Å². The van der Waals surface area contributed by atoms with E-state index in [2.05, 4.69) is 10.6 Å². The first kappa shape index (κ1) is 17.5. The zero-order chi connectivity index (χ0) is 19.8. The molecular formula is C23H17N3O2S. The van der Waals surface area contributed by atoms with Crippen LogP contribution in [0.3, 0.4) is 0 Å². The molecule has 0 spiro atoms. The number of para-hydroxylation sites is 1. The van der Waals surface area contributed by atoms with Crippen molar-refractivity contribution < 1.29 is 9.90 Å². The number of phenols is 1. The second-order valence-corrected chi connectivity index (χ2v) is 7.80. The number of aromatic hydroxyl groups is 1. The highest BCUT2D eigenvalue weighted by atomic mass is 32.1. The van der Waals surface area contributed by atoms with Crippen LogP contribution < -0.4 is 10.6 Å². The molecule has 6 heteroatoms. The van der Waals surface area contributed by atoms with Crippen molar-refractivity contribution >= 4 is 38.9 Å². The quantitative estimate of drug-likeness (QED) is 0.458. The molecule has 29 heavy (non-hydrogen) atoms. The molecule has 0 aliphatic carbocycles. The largest absolute Gasteiger partial charge is 0.508 e. The van der Waals surface area contributed by atoms with Gasteiger partial charge in [0.05, 0.1) is 22.0 Å². The highest BCUT2D eigenvalue weighted by molar-refractivity contribution is 7.19. The molecule has 142 valence electrons. The van der Waals surface area contributed by atoms with E-state index < -0.39 is 0 Å². The average Bonchev–Trinajstić information content (AvgIpc) is 3.18. The van der Waals surface area contributed by atoms with Crippen LogP contribution in [-0.4, -0.2) is 16.1 Å². The number of urea groups is 1. The molecule has 1 aliphatic rings. The topological polar surface area (TPSA) is 74.2 Å². The van der Waals surface area contributed by atoms with E-state index in [0.29, 0.717) is 0 Å². The second-order valence-electron chi connectivity index (χ2n) is 6.76. The van der Waals surface area contributed by atoms with Crippen LogP contribution in [0.25, 0.3) is 21.5 Å². The van der Waals surface area contributed by atoms with Gasteiger partial charge in [-0.15, -0.1) is 11.3 Å². The first-order valence-electron chi connectivity index (χ1n) is 9.21. The number of carbonyl (C=O) groups is 1. The average molecular weight is 399 g/mol. The number of phenolic OH excluding ortho intramolecular Hbond substituents is 1. The second kappa shape index (κ2) is 7.07. The zero-order valence-electron chi connectivity index (χ0n) is 15.3. The lowest BCUT2D eigenvalue weighted by atomic mass is 9.93. The summed E-state index contributed by atoms with van der Waals surface area (Å²) in [6.07, 6.45) is 0. The number of benzene rings is 3. The van der Waals surface area contributed by atoms with E-state index in [1.54, 1.807) is 23.5 Å². The number of nitrogens with one attached hydrogen (secondary N) is 2. The molecule has 1 aliphatic heterocycles. The highest BCUT2D eigenvalue weighted by Gasteiger charge is 2.31. The van der Waals surface area contributed by atoms with Crippen molar-refractivity contribution in [1.29, 1.82) is 0 Å². The maximum absolute atomic E-state index is 12.5. The van der Waals surface area contributed by atoms with Crippen LogP contribution >= 0.6 is 11.3 Å². The Bertz CT molecular complexity index is 1200. The van der Waals surface area contributed by atoms with E-state index in [9.17, 15) is 9.90 Å². The number of nitrogens with zero attached hydrogens (tertiary/aromatic N) is 1. The van der Waals surface area contributed by atoms with E-state index in [1.165, 1.54) is 0 Å². The van der Waals surface area contributed by atoms with Gasteiger partial charge in [-0.05, 0) is 35.4 Å². The van der Waals surface area contributed by atoms with Crippen molar-refractivity contribution in [3.05, 3.63) is 95.0 Å². The predicted octanol–water partition coefficient (Wildman–Crippen LogP) is 4.92. The minimum absolute atomic E-state index is 0.183. The summed E-state index contributed by atoms with van der Waals surface area (Å²) < 4.78 is 1.09. The zero-order valence-corrected chi connectivity index (χ0v) is 16.1. The summed E-state index contributed by atoms with van der Waals surface area (Å²) in [5.74, 6) is 0.183. The number of aromatic nitrogens is 1. The fraction of sp³-hybridized carbons (Fsp3) is 0.0435. The summed E-state index contributed by atoms with van der Waals surface area (Å²) in [6.45, 7) is 0. The smallest absolute Gasteiger partial charge is 0.320 e. The Kier molecular flexibility index (Phi) is 4.26. The molecule has 1 aromatic heterocycles. The van der Waals surface area contributed by atoms with Crippen molar-refractivity contribution in [1.82, 2.24) is 15.6 Å². The van der Waals surface area contributed by atoms with Crippen LogP contribution in [-0.2, 0) is 0 Å². The summed E-state index contributed by atoms with van der Waals surface area (Å²) in [7, 11) is 0. The fourth-order valence-electron chi connectivity index (χ4n) is 3.53. The minimum atomic E-state index is -0.389. The van der Waals surface area contributed by atoms with Gasteiger partial charge in [0.1, 0.15) is 10.8 Å². The van der Waals surface area contributed by atoms with Crippen molar-refractivity contribution in [2.75, 3.05) is 0 Å².